The van der Waals surface area contributed by atoms with Crippen molar-refractivity contribution in [2.75, 3.05) is 6.61 Å². The van der Waals surface area contributed by atoms with Crippen LogP contribution in [0, 0.1) is 0 Å². The molecule has 0 amide bonds. The summed E-state index contributed by atoms with van der Waals surface area (Å²) < 4.78 is 7.40. The number of nitrogens with one attached hydrogen (secondary N) is 1. The Morgan fingerprint density at radius 3 is 2.57 bits per heavy atom. The number of aryl methyl sites for hydroxylation is 2. The molecule has 188 valence electrons. The summed E-state index contributed by atoms with van der Waals surface area (Å²) in [6, 6.07) is 18.1. The van der Waals surface area contributed by atoms with Crippen molar-refractivity contribution in [3.63, 3.8) is 0 Å². The van der Waals surface area contributed by atoms with Crippen molar-refractivity contribution in [1.29, 1.82) is 0 Å². The van der Waals surface area contributed by atoms with Gasteiger partial charge in [0.05, 0.1) is 23.5 Å². The highest BCUT2D eigenvalue weighted by atomic mass is 16.5. The van der Waals surface area contributed by atoms with Gasteiger partial charge < -0.3 is 9.30 Å². The van der Waals surface area contributed by atoms with Gasteiger partial charge in [-0.05, 0) is 48.7 Å². The number of hydrogen-bond acceptors (Lipinski definition) is 7. The molecule has 0 atom stereocenters. The van der Waals surface area contributed by atoms with Crippen LogP contribution in [0.15, 0.2) is 54.6 Å². The summed E-state index contributed by atoms with van der Waals surface area (Å²) >= 11 is 0. The number of fused-ring (bicyclic) bond motifs is 1. The predicted molar refractivity (Wildman–Crippen MR) is 141 cm³/mol. The van der Waals surface area contributed by atoms with Gasteiger partial charge in [0.1, 0.15) is 5.82 Å². The highest BCUT2D eigenvalue weighted by Gasteiger charge is 2.23. The fourth-order valence-electron chi connectivity index (χ4n) is 4.60. The molecule has 5 aromatic rings. The van der Waals surface area contributed by atoms with E-state index >= 15 is 0 Å². The minimum atomic E-state index is -0.318. The number of aromatic nitrogens is 7. The molecule has 0 fully saturated rings. The van der Waals surface area contributed by atoms with Gasteiger partial charge in [-0.1, -0.05) is 50.2 Å². The molecular weight excluding hydrogens is 466 g/mol. The summed E-state index contributed by atoms with van der Waals surface area (Å²) in [7, 11) is 0. The molecule has 0 radical (unpaired) electrons. The number of carbonyl (C=O) groups excluding carboxylic acids is 1. The molecule has 0 aliphatic carbocycles. The minimum absolute atomic E-state index is 0.318. The van der Waals surface area contributed by atoms with Crippen LogP contribution in [0.1, 0.15) is 54.8 Å². The summed E-state index contributed by atoms with van der Waals surface area (Å²) in [5, 5.41) is 15.5. The zero-order chi connectivity index (χ0) is 25.8. The van der Waals surface area contributed by atoms with Gasteiger partial charge in [0.15, 0.2) is 5.69 Å². The van der Waals surface area contributed by atoms with Gasteiger partial charge in [-0.3, -0.25) is 0 Å². The van der Waals surface area contributed by atoms with E-state index in [2.05, 4.69) is 45.7 Å². The number of H-pyrrole nitrogens is 1. The third-order valence-corrected chi connectivity index (χ3v) is 6.28. The van der Waals surface area contributed by atoms with E-state index < -0.39 is 0 Å². The fourth-order valence-corrected chi connectivity index (χ4v) is 4.60. The van der Waals surface area contributed by atoms with E-state index in [1.54, 1.807) is 0 Å². The molecular formula is C28H29N7O2. The van der Waals surface area contributed by atoms with Crippen LogP contribution in [0.4, 0.5) is 0 Å². The van der Waals surface area contributed by atoms with Crippen LogP contribution in [-0.4, -0.2) is 47.7 Å². The second kappa shape index (κ2) is 10.7. The smallest absolute Gasteiger partial charge is 0.356 e. The standard InChI is InChI=1S/C28H29N7O2/c1-4-9-25-30-22(5-2)26(28(36)37-6-3)35(25)17-18-12-14-23-19(16-18)13-15-24(29-23)20-10-7-8-11-21(20)27-31-33-34-32-27/h7-8,10-16H,4-6,9,17H2,1-3H3,(H,31,32,33,34). The molecule has 3 heterocycles. The topological polar surface area (TPSA) is 111 Å². The Bertz CT molecular complexity index is 1540. The van der Waals surface area contributed by atoms with E-state index in [-0.39, 0.29) is 5.97 Å². The van der Waals surface area contributed by atoms with Gasteiger partial charge in [0, 0.05) is 29.5 Å². The number of carbonyl (C=O) groups is 1. The Morgan fingerprint density at radius 1 is 1.00 bits per heavy atom. The van der Waals surface area contributed by atoms with Crippen molar-refractivity contribution in [3.05, 3.63) is 77.4 Å². The van der Waals surface area contributed by atoms with Gasteiger partial charge in [-0.25, -0.2) is 14.8 Å². The average Bonchev–Trinajstić information content (AvgIpc) is 3.57. The number of ether oxygens (including phenoxy) is 1. The lowest BCUT2D eigenvalue weighted by molar-refractivity contribution is 0.0512. The lowest BCUT2D eigenvalue weighted by Crippen LogP contribution is -2.16. The molecule has 0 spiro atoms. The number of nitrogens with zero attached hydrogens (tertiary/aromatic N) is 6. The maximum atomic E-state index is 12.8. The summed E-state index contributed by atoms with van der Waals surface area (Å²) in [6.45, 7) is 6.82. The zero-order valence-corrected chi connectivity index (χ0v) is 21.2. The van der Waals surface area contributed by atoms with Crippen LogP contribution in [0.5, 0.6) is 0 Å². The van der Waals surface area contributed by atoms with Crippen LogP contribution < -0.4 is 0 Å². The molecule has 3 aromatic heterocycles. The van der Waals surface area contributed by atoms with Crippen LogP contribution in [-0.2, 0) is 24.1 Å². The Labute approximate surface area is 214 Å². The first-order chi connectivity index (χ1) is 18.1. The number of imidazole rings is 1. The molecule has 9 nitrogen and oxygen atoms in total. The van der Waals surface area contributed by atoms with Crippen LogP contribution in [0.25, 0.3) is 33.5 Å². The van der Waals surface area contributed by atoms with Crippen molar-refractivity contribution < 1.29 is 9.53 Å². The van der Waals surface area contributed by atoms with Gasteiger partial charge in [0.2, 0.25) is 5.82 Å². The fraction of sp³-hybridized carbons (Fsp3) is 0.286. The maximum absolute atomic E-state index is 12.8. The number of hydrogen-bond donors (Lipinski definition) is 1. The summed E-state index contributed by atoms with van der Waals surface area (Å²) in [5.41, 5.74) is 5.91. The van der Waals surface area contributed by atoms with Gasteiger partial charge >= 0.3 is 5.97 Å². The number of pyridine rings is 1. The Morgan fingerprint density at radius 2 is 1.84 bits per heavy atom. The quantitative estimate of drug-likeness (QED) is 0.286. The Kier molecular flexibility index (Phi) is 7.02. The Balaban J connectivity index is 1.51. The second-order valence-corrected chi connectivity index (χ2v) is 8.74. The molecule has 0 saturated carbocycles. The van der Waals surface area contributed by atoms with Crippen LogP contribution >= 0.6 is 0 Å². The first-order valence-electron chi connectivity index (χ1n) is 12.6. The van der Waals surface area contributed by atoms with E-state index in [9.17, 15) is 4.79 Å². The molecule has 0 aliphatic heterocycles. The normalized spacial score (nSPS) is 11.2. The highest BCUT2D eigenvalue weighted by Crippen LogP contribution is 2.30. The van der Waals surface area contributed by atoms with Gasteiger partial charge in [-0.15, -0.1) is 10.2 Å². The van der Waals surface area contributed by atoms with Crippen LogP contribution in [0.3, 0.4) is 0 Å². The van der Waals surface area contributed by atoms with Crippen molar-refractivity contribution in [1.82, 2.24) is 35.2 Å². The van der Waals surface area contributed by atoms with Gasteiger partial charge in [0.25, 0.3) is 0 Å². The first-order valence-corrected chi connectivity index (χ1v) is 12.6. The van der Waals surface area contributed by atoms with E-state index in [1.165, 1.54) is 0 Å². The van der Waals surface area contributed by atoms with E-state index in [0.29, 0.717) is 31.1 Å². The first kappa shape index (κ1) is 24.3. The van der Waals surface area contributed by atoms with Crippen molar-refractivity contribution in [2.45, 2.75) is 46.6 Å². The summed E-state index contributed by atoms with van der Waals surface area (Å²) in [6.07, 6.45) is 2.41. The largest absolute Gasteiger partial charge is 0.461 e. The van der Waals surface area contributed by atoms with Crippen molar-refractivity contribution in [2.24, 2.45) is 0 Å². The van der Waals surface area contributed by atoms with E-state index in [0.717, 1.165) is 57.6 Å². The third kappa shape index (κ3) is 4.84. The molecule has 9 heteroatoms. The number of rotatable bonds is 9. The van der Waals surface area contributed by atoms with Gasteiger partial charge in [-0.2, -0.15) is 5.21 Å². The highest BCUT2D eigenvalue weighted by molar-refractivity contribution is 5.89. The van der Waals surface area contributed by atoms with Crippen molar-refractivity contribution >= 4 is 16.9 Å². The number of aromatic amines is 1. The lowest BCUT2D eigenvalue weighted by atomic mass is 10.0. The second-order valence-electron chi connectivity index (χ2n) is 8.74. The number of benzene rings is 2. The Hall–Kier alpha value is -4.40. The number of tetrazole rings is 1. The molecule has 0 unspecified atom stereocenters. The van der Waals surface area contributed by atoms with E-state index in [4.69, 9.17) is 14.7 Å². The predicted octanol–water partition coefficient (Wildman–Crippen LogP) is 5.02. The molecule has 1 N–H and O–H groups in total. The molecule has 0 bridgehead atoms. The molecule has 2 aromatic carbocycles. The lowest BCUT2D eigenvalue weighted by Gasteiger charge is -2.13. The third-order valence-electron chi connectivity index (χ3n) is 6.28. The zero-order valence-electron chi connectivity index (χ0n) is 21.2. The minimum Gasteiger partial charge on any atom is -0.461 e. The molecule has 0 aliphatic rings. The molecule has 37 heavy (non-hydrogen) atoms. The monoisotopic (exact) mass is 495 g/mol. The SMILES string of the molecule is CCCc1nc(CC)c(C(=O)OCC)n1Cc1ccc2nc(-c3ccccc3-c3nn[nH]n3)ccc2c1. The maximum Gasteiger partial charge on any atom is 0.356 e. The summed E-state index contributed by atoms with van der Waals surface area (Å²) in [5.74, 6) is 1.12. The molecule has 5 rings (SSSR count). The van der Waals surface area contributed by atoms with Crippen molar-refractivity contribution in [3.8, 4) is 22.6 Å². The average molecular weight is 496 g/mol. The number of esters is 1. The summed E-state index contributed by atoms with van der Waals surface area (Å²) in [4.78, 5) is 22.5. The van der Waals surface area contributed by atoms with E-state index in [1.807, 2.05) is 54.8 Å². The molecule has 0 saturated heterocycles. The van der Waals surface area contributed by atoms with Crippen LogP contribution in [0.2, 0.25) is 0 Å².